The molecular formula is C20H21F3N2O3S. The van der Waals surface area contributed by atoms with Crippen LogP contribution in [0, 0.1) is 5.92 Å². The van der Waals surface area contributed by atoms with Crippen molar-refractivity contribution in [1.29, 1.82) is 0 Å². The first-order valence-electron chi connectivity index (χ1n) is 9.17. The lowest BCUT2D eigenvalue weighted by Crippen LogP contribution is -2.39. The van der Waals surface area contributed by atoms with E-state index < -0.39 is 33.2 Å². The van der Waals surface area contributed by atoms with Gasteiger partial charge >= 0.3 is 6.18 Å². The van der Waals surface area contributed by atoms with E-state index in [1.54, 1.807) is 0 Å². The fraction of sp³-hybridized carbons (Fsp3) is 0.350. The molecule has 1 saturated heterocycles. The van der Waals surface area contributed by atoms with Crippen LogP contribution in [0.15, 0.2) is 53.4 Å². The van der Waals surface area contributed by atoms with Crippen molar-refractivity contribution in [2.75, 3.05) is 18.4 Å². The highest BCUT2D eigenvalue weighted by Gasteiger charge is 2.35. The average Bonchev–Trinajstić information content (AvgIpc) is 2.68. The van der Waals surface area contributed by atoms with Gasteiger partial charge in [-0.15, -0.1) is 0 Å². The molecule has 0 bridgehead atoms. The van der Waals surface area contributed by atoms with Crippen molar-refractivity contribution in [3.05, 3.63) is 59.7 Å². The van der Waals surface area contributed by atoms with Crippen LogP contribution in [0.3, 0.4) is 0 Å². The van der Waals surface area contributed by atoms with E-state index in [-0.39, 0.29) is 16.5 Å². The zero-order valence-electron chi connectivity index (χ0n) is 15.7. The number of rotatable bonds is 4. The number of hydrogen-bond acceptors (Lipinski definition) is 3. The van der Waals surface area contributed by atoms with Gasteiger partial charge in [0.2, 0.25) is 10.0 Å². The van der Waals surface area contributed by atoms with Crippen molar-refractivity contribution in [3.8, 4) is 0 Å². The molecule has 0 radical (unpaired) electrons. The summed E-state index contributed by atoms with van der Waals surface area (Å²) in [5, 5.41) is 2.39. The molecule has 1 fully saturated rings. The van der Waals surface area contributed by atoms with E-state index in [0.29, 0.717) is 13.1 Å². The molecule has 0 spiro atoms. The second kappa shape index (κ2) is 8.16. The number of carbonyl (C=O) groups is 1. The minimum Gasteiger partial charge on any atom is -0.322 e. The SMILES string of the molecule is CC1CCCN(S(=O)(=O)c2ccc(NC(=O)c3ccccc3C(F)(F)F)cc2)C1. The van der Waals surface area contributed by atoms with Crippen LogP contribution in [-0.2, 0) is 16.2 Å². The van der Waals surface area contributed by atoms with Gasteiger partial charge in [-0.3, -0.25) is 4.79 Å². The van der Waals surface area contributed by atoms with E-state index >= 15 is 0 Å². The Kier molecular flexibility index (Phi) is 6.00. The Morgan fingerprint density at radius 1 is 1.10 bits per heavy atom. The highest BCUT2D eigenvalue weighted by Crippen LogP contribution is 2.32. The first-order valence-corrected chi connectivity index (χ1v) is 10.6. The highest BCUT2D eigenvalue weighted by atomic mass is 32.2. The molecule has 2 aromatic rings. The number of piperidine rings is 1. The third kappa shape index (κ3) is 4.79. The number of hydrogen-bond donors (Lipinski definition) is 1. The van der Waals surface area contributed by atoms with Gasteiger partial charge in [0.15, 0.2) is 0 Å². The van der Waals surface area contributed by atoms with Crippen LogP contribution in [-0.4, -0.2) is 31.7 Å². The van der Waals surface area contributed by atoms with E-state index in [1.165, 1.54) is 40.7 Å². The molecule has 29 heavy (non-hydrogen) atoms. The number of benzene rings is 2. The fourth-order valence-electron chi connectivity index (χ4n) is 3.35. The number of carbonyl (C=O) groups excluding carboxylic acids is 1. The molecule has 0 aromatic heterocycles. The molecule has 1 aliphatic heterocycles. The summed E-state index contributed by atoms with van der Waals surface area (Å²) in [5.41, 5.74) is -1.33. The molecule has 1 atom stereocenters. The van der Waals surface area contributed by atoms with Gasteiger partial charge < -0.3 is 5.32 Å². The third-order valence-electron chi connectivity index (χ3n) is 4.85. The molecule has 0 aliphatic carbocycles. The van der Waals surface area contributed by atoms with Crippen molar-refractivity contribution < 1.29 is 26.4 Å². The number of alkyl halides is 3. The van der Waals surface area contributed by atoms with Gasteiger partial charge in [-0.25, -0.2) is 8.42 Å². The Morgan fingerprint density at radius 3 is 2.38 bits per heavy atom. The highest BCUT2D eigenvalue weighted by molar-refractivity contribution is 7.89. The molecule has 2 aromatic carbocycles. The quantitative estimate of drug-likeness (QED) is 0.789. The van der Waals surface area contributed by atoms with Gasteiger partial charge in [0, 0.05) is 18.8 Å². The summed E-state index contributed by atoms with van der Waals surface area (Å²) in [4.78, 5) is 12.4. The number of halogens is 3. The Bertz CT molecular complexity index is 989. The number of nitrogens with one attached hydrogen (secondary N) is 1. The number of anilines is 1. The predicted molar refractivity (Wildman–Crippen MR) is 103 cm³/mol. The van der Waals surface area contributed by atoms with Crippen molar-refractivity contribution >= 4 is 21.6 Å². The van der Waals surface area contributed by atoms with Gasteiger partial charge in [-0.1, -0.05) is 19.1 Å². The summed E-state index contributed by atoms with van der Waals surface area (Å²) in [6.07, 6.45) is -2.87. The molecular weight excluding hydrogens is 405 g/mol. The van der Waals surface area contributed by atoms with Crippen LogP contribution in [0.25, 0.3) is 0 Å². The second-order valence-corrected chi connectivity index (χ2v) is 9.07. The zero-order valence-corrected chi connectivity index (χ0v) is 16.6. The summed E-state index contributed by atoms with van der Waals surface area (Å²) in [6, 6.07) is 9.92. The lowest BCUT2D eigenvalue weighted by atomic mass is 10.0. The molecule has 1 aliphatic rings. The monoisotopic (exact) mass is 426 g/mol. The van der Waals surface area contributed by atoms with Crippen molar-refractivity contribution in [2.24, 2.45) is 5.92 Å². The van der Waals surface area contributed by atoms with Crippen LogP contribution >= 0.6 is 0 Å². The Hall–Kier alpha value is -2.39. The molecule has 156 valence electrons. The molecule has 1 heterocycles. The molecule has 0 saturated carbocycles. The van der Waals surface area contributed by atoms with E-state index in [1.807, 2.05) is 6.92 Å². The molecule has 1 N–H and O–H groups in total. The maximum atomic E-state index is 13.1. The van der Waals surface area contributed by atoms with Gasteiger partial charge in [0.25, 0.3) is 5.91 Å². The fourth-order valence-corrected chi connectivity index (χ4v) is 4.95. The minimum atomic E-state index is -4.66. The van der Waals surface area contributed by atoms with Crippen LogP contribution in [0.5, 0.6) is 0 Å². The summed E-state index contributed by atoms with van der Waals surface area (Å²) in [6.45, 7) is 2.91. The topological polar surface area (TPSA) is 66.5 Å². The number of sulfonamides is 1. The van der Waals surface area contributed by atoms with Gasteiger partial charge in [0.05, 0.1) is 16.0 Å². The molecule has 1 amide bonds. The normalized spacial score (nSPS) is 18.4. The van der Waals surface area contributed by atoms with Crippen LogP contribution in [0.1, 0.15) is 35.7 Å². The zero-order chi connectivity index (χ0) is 21.2. The molecule has 5 nitrogen and oxygen atoms in total. The Balaban J connectivity index is 1.77. The summed E-state index contributed by atoms with van der Waals surface area (Å²) >= 11 is 0. The summed E-state index contributed by atoms with van der Waals surface area (Å²) < 4.78 is 66.2. The van der Waals surface area contributed by atoms with Crippen molar-refractivity contribution in [1.82, 2.24) is 4.31 Å². The first kappa shape index (κ1) is 21.3. The van der Waals surface area contributed by atoms with Gasteiger partial charge in [0.1, 0.15) is 0 Å². The number of nitrogens with zero attached hydrogens (tertiary/aromatic N) is 1. The van der Waals surface area contributed by atoms with E-state index in [2.05, 4.69) is 5.32 Å². The maximum absolute atomic E-state index is 13.1. The largest absolute Gasteiger partial charge is 0.417 e. The van der Waals surface area contributed by atoms with Gasteiger partial charge in [-0.05, 0) is 55.2 Å². The Labute approximate surface area is 167 Å². The maximum Gasteiger partial charge on any atom is 0.417 e. The minimum absolute atomic E-state index is 0.0836. The molecule has 9 heteroatoms. The smallest absolute Gasteiger partial charge is 0.322 e. The predicted octanol–water partition coefficient (Wildman–Crippen LogP) is 4.38. The summed E-state index contributed by atoms with van der Waals surface area (Å²) in [7, 11) is -3.65. The number of amides is 1. The summed E-state index contributed by atoms with van der Waals surface area (Å²) in [5.74, 6) is -0.635. The Morgan fingerprint density at radius 2 is 1.76 bits per heavy atom. The molecule has 1 unspecified atom stereocenters. The second-order valence-electron chi connectivity index (χ2n) is 7.13. The van der Waals surface area contributed by atoms with E-state index in [9.17, 15) is 26.4 Å². The van der Waals surface area contributed by atoms with E-state index in [0.717, 1.165) is 25.0 Å². The van der Waals surface area contributed by atoms with Crippen LogP contribution in [0.4, 0.5) is 18.9 Å². The lowest BCUT2D eigenvalue weighted by Gasteiger charge is -2.30. The lowest BCUT2D eigenvalue weighted by molar-refractivity contribution is -0.137. The standard InChI is InChI=1S/C20H21F3N2O3S/c1-14-5-4-12-25(13-14)29(27,28)16-10-8-15(9-11-16)24-19(26)17-6-2-3-7-18(17)20(21,22)23/h2-3,6-11,14H,4-5,12-13H2,1H3,(H,24,26). The van der Waals surface area contributed by atoms with E-state index in [4.69, 9.17) is 0 Å². The first-order chi connectivity index (χ1) is 13.6. The van der Waals surface area contributed by atoms with Crippen LogP contribution < -0.4 is 5.32 Å². The van der Waals surface area contributed by atoms with Crippen LogP contribution in [0.2, 0.25) is 0 Å². The average molecular weight is 426 g/mol. The molecule has 3 rings (SSSR count). The third-order valence-corrected chi connectivity index (χ3v) is 6.73. The van der Waals surface area contributed by atoms with Crippen molar-refractivity contribution in [3.63, 3.8) is 0 Å². The van der Waals surface area contributed by atoms with Gasteiger partial charge in [-0.2, -0.15) is 17.5 Å². The van der Waals surface area contributed by atoms with Crippen molar-refractivity contribution in [2.45, 2.75) is 30.8 Å².